The predicted molar refractivity (Wildman–Crippen MR) is 99.4 cm³/mol. The molecular formula is C21H20O5. The average Bonchev–Trinajstić information content (AvgIpc) is 2.67. The van der Waals surface area contributed by atoms with Crippen molar-refractivity contribution in [2.24, 2.45) is 0 Å². The first-order valence-electron chi connectivity index (χ1n) is 8.13. The summed E-state index contributed by atoms with van der Waals surface area (Å²) in [6, 6.07) is 16.9. The molecule has 0 bridgehead atoms. The SMILES string of the molecule is COc1cc(CC(=O)Oc2cccc3ccccc23)cc(OC)c1OC. The van der Waals surface area contributed by atoms with Crippen molar-refractivity contribution in [3.8, 4) is 23.0 Å². The Morgan fingerprint density at radius 3 is 2.12 bits per heavy atom. The highest BCUT2D eigenvalue weighted by Gasteiger charge is 2.16. The Hall–Kier alpha value is -3.21. The quantitative estimate of drug-likeness (QED) is 0.495. The molecule has 134 valence electrons. The molecule has 0 N–H and O–H groups in total. The summed E-state index contributed by atoms with van der Waals surface area (Å²) < 4.78 is 21.5. The minimum Gasteiger partial charge on any atom is -0.493 e. The first-order chi connectivity index (χ1) is 12.7. The van der Waals surface area contributed by atoms with Crippen molar-refractivity contribution in [2.45, 2.75) is 6.42 Å². The summed E-state index contributed by atoms with van der Waals surface area (Å²) in [6.07, 6.45) is 0.0833. The summed E-state index contributed by atoms with van der Waals surface area (Å²) in [7, 11) is 4.61. The monoisotopic (exact) mass is 352 g/mol. The first-order valence-corrected chi connectivity index (χ1v) is 8.13. The molecular weight excluding hydrogens is 332 g/mol. The van der Waals surface area contributed by atoms with E-state index in [1.165, 1.54) is 21.3 Å². The Bertz CT molecular complexity index is 902. The zero-order valence-electron chi connectivity index (χ0n) is 14.9. The number of methoxy groups -OCH3 is 3. The van der Waals surface area contributed by atoms with Gasteiger partial charge in [0.25, 0.3) is 0 Å². The Morgan fingerprint density at radius 2 is 1.46 bits per heavy atom. The fourth-order valence-electron chi connectivity index (χ4n) is 2.85. The number of esters is 1. The van der Waals surface area contributed by atoms with Crippen LogP contribution in [0.5, 0.6) is 23.0 Å². The van der Waals surface area contributed by atoms with Crippen molar-refractivity contribution in [1.29, 1.82) is 0 Å². The molecule has 0 heterocycles. The lowest BCUT2D eigenvalue weighted by Gasteiger charge is -2.14. The lowest BCUT2D eigenvalue weighted by atomic mass is 10.1. The van der Waals surface area contributed by atoms with E-state index >= 15 is 0 Å². The van der Waals surface area contributed by atoms with Gasteiger partial charge in [0.2, 0.25) is 5.75 Å². The van der Waals surface area contributed by atoms with Crippen LogP contribution in [0.2, 0.25) is 0 Å². The molecule has 0 fully saturated rings. The molecule has 3 aromatic carbocycles. The van der Waals surface area contributed by atoms with Crippen LogP contribution in [-0.4, -0.2) is 27.3 Å². The maximum absolute atomic E-state index is 12.4. The number of fused-ring (bicyclic) bond motifs is 1. The molecule has 0 amide bonds. The maximum Gasteiger partial charge on any atom is 0.315 e. The van der Waals surface area contributed by atoms with Crippen LogP contribution in [0.3, 0.4) is 0 Å². The highest BCUT2D eigenvalue weighted by atomic mass is 16.5. The summed E-state index contributed by atoms with van der Waals surface area (Å²) in [5.41, 5.74) is 0.713. The smallest absolute Gasteiger partial charge is 0.315 e. The van der Waals surface area contributed by atoms with E-state index in [9.17, 15) is 4.79 Å². The van der Waals surface area contributed by atoms with E-state index in [0.717, 1.165) is 10.8 Å². The number of rotatable bonds is 6. The minimum absolute atomic E-state index is 0.0833. The van der Waals surface area contributed by atoms with E-state index in [2.05, 4.69) is 0 Å². The maximum atomic E-state index is 12.4. The van der Waals surface area contributed by atoms with Crippen molar-refractivity contribution in [2.75, 3.05) is 21.3 Å². The van der Waals surface area contributed by atoms with Gasteiger partial charge in [0.1, 0.15) is 5.75 Å². The molecule has 0 radical (unpaired) electrons. The molecule has 5 nitrogen and oxygen atoms in total. The zero-order chi connectivity index (χ0) is 18.5. The van der Waals surface area contributed by atoms with Crippen LogP contribution in [-0.2, 0) is 11.2 Å². The van der Waals surface area contributed by atoms with Gasteiger partial charge in [-0.2, -0.15) is 0 Å². The summed E-state index contributed by atoms with van der Waals surface area (Å²) in [6.45, 7) is 0. The molecule has 0 saturated heterocycles. The molecule has 26 heavy (non-hydrogen) atoms. The van der Waals surface area contributed by atoms with Crippen LogP contribution in [0.25, 0.3) is 10.8 Å². The van der Waals surface area contributed by atoms with Crippen molar-refractivity contribution in [3.05, 3.63) is 60.2 Å². The molecule has 0 unspecified atom stereocenters. The van der Waals surface area contributed by atoms with Gasteiger partial charge in [-0.15, -0.1) is 0 Å². The largest absolute Gasteiger partial charge is 0.493 e. The van der Waals surface area contributed by atoms with Gasteiger partial charge >= 0.3 is 5.97 Å². The van der Waals surface area contributed by atoms with Crippen molar-refractivity contribution in [3.63, 3.8) is 0 Å². The Morgan fingerprint density at radius 1 is 0.808 bits per heavy atom. The van der Waals surface area contributed by atoms with Gasteiger partial charge in [-0.25, -0.2) is 0 Å². The molecule has 0 atom stereocenters. The Kier molecular flexibility index (Phi) is 5.27. The number of carbonyl (C=O) groups excluding carboxylic acids is 1. The van der Waals surface area contributed by atoms with Crippen molar-refractivity contribution >= 4 is 16.7 Å². The summed E-state index contributed by atoms with van der Waals surface area (Å²) in [5.74, 6) is 1.66. The average molecular weight is 352 g/mol. The number of ether oxygens (including phenoxy) is 4. The van der Waals surface area contributed by atoms with E-state index in [4.69, 9.17) is 18.9 Å². The minimum atomic E-state index is -0.365. The van der Waals surface area contributed by atoms with Gasteiger partial charge in [-0.3, -0.25) is 4.79 Å². The Labute approximate surface area is 152 Å². The zero-order valence-corrected chi connectivity index (χ0v) is 14.9. The molecule has 0 aromatic heterocycles. The van der Waals surface area contributed by atoms with Gasteiger partial charge in [0.05, 0.1) is 27.8 Å². The highest BCUT2D eigenvalue weighted by molar-refractivity contribution is 5.90. The summed E-state index contributed by atoms with van der Waals surface area (Å²) in [5, 5.41) is 1.92. The first kappa shape index (κ1) is 17.6. The standard InChI is InChI=1S/C21H20O5/c1-23-18-11-14(12-19(24-2)21(18)25-3)13-20(22)26-17-10-6-8-15-7-4-5-9-16(15)17/h4-12H,13H2,1-3H3. The molecule has 0 saturated carbocycles. The summed E-state index contributed by atoms with van der Waals surface area (Å²) in [4.78, 5) is 12.4. The van der Waals surface area contributed by atoms with Crippen LogP contribution in [0.4, 0.5) is 0 Å². The lowest BCUT2D eigenvalue weighted by molar-refractivity contribution is -0.133. The molecule has 0 aliphatic heterocycles. The second kappa shape index (κ2) is 7.78. The molecule has 5 heteroatoms. The van der Waals surface area contributed by atoms with E-state index in [1.807, 2.05) is 36.4 Å². The highest BCUT2D eigenvalue weighted by Crippen LogP contribution is 2.38. The molecule has 0 aliphatic rings. The van der Waals surface area contributed by atoms with E-state index in [-0.39, 0.29) is 12.4 Å². The van der Waals surface area contributed by atoms with Crippen LogP contribution >= 0.6 is 0 Å². The third-order valence-electron chi connectivity index (χ3n) is 4.05. The van der Waals surface area contributed by atoms with Gasteiger partial charge in [0, 0.05) is 5.39 Å². The molecule has 0 spiro atoms. The third-order valence-corrected chi connectivity index (χ3v) is 4.05. The number of carbonyl (C=O) groups is 1. The van der Waals surface area contributed by atoms with Gasteiger partial charge in [0.15, 0.2) is 11.5 Å². The second-order valence-electron chi connectivity index (χ2n) is 5.66. The normalized spacial score (nSPS) is 10.4. The third kappa shape index (κ3) is 3.57. The van der Waals surface area contributed by atoms with Crippen molar-refractivity contribution < 1.29 is 23.7 Å². The topological polar surface area (TPSA) is 54.0 Å². The summed E-state index contributed by atoms with van der Waals surface area (Å²) >= 11 is 0. The predicted octanol–water partition coefficient (Wildman–Crippen LogP) is 4.01. The van der Waals surface area contributed by atoms with Gasteiger partial charge in [-0.1, -0.05) is 36.4 Å². The second-order valence-corrected chi connectivity index (χ2v) is 5.66. The molecule has 3 rings (SSSR count). The lowest BCUT2D eigenvalue weighted by Crippen LogP contribution is -2.12. The number of benzene rings is 3. The van der Waals surface area contributed by atoms with E-state index in [0.29, 0.717) is 28.6 Å². The number of hydrogen-bond acceptors (Lipinski definition) is 5. The van der Waals surface area contributed by atoms with Crippen LogP contribution in [0.15, 0.2) is 54.6 Å². The molecule has 3 aromatic rings. The van der Waals surface area contributed by atoms with E-state index in [1.54, 1.807) is 18.2 Å². The Balaban J connectivity index is 1.84. The molecule has 0 aliphatic carbocycles. The fourth-order valence-corrected chi connectivity index (χ4v) is 2.85. The van der Waals surface area contributed by atoms with Crippen LogP contribution in [0, 0.1) is 0 Å². The van der Waals surface area contributed by atoms with Gasteiger partial charge < -0.3 is 18.9 Å². The van der Waals surface area contributed by atoms with E-state index < -0.39 is 0 Å². The fraction of sp³-hybridized carbons (Fsp3) is 0.190. The van der Waals surface area contributed by atoms with Gasteiger partial charge in [-0.05, 0) is 29.1 Å². The van der Waals surface area contributed by atoms with Crippen molar-refractivity contribution in [1.82, 2.24) is 0 Å². The van der Waals surface area contributed by atoms with Crippen LogP contribution in [0.1, 0.15) is 5.56 Å². The number of hydrogen-bond donors (Lipinski definition) is 0. The van der Waals surface area contributed by atoms with Crippen LogP contribution < -0.4 is 18.9 Å².